The standard InChI is InChI=1S/C18H25N5OS/c1-4-9-22-15(2)19-23(18(22)25)14-20-10-12-21(13-11-20)16-5-7-17(24-3)8-6-16/h4-8H,1,9-14H2,2-3H3/p+1. The summed E-state index contributed by atoms with van der Waals surface area (Å²) in [4.78, 5) is 3.92. The molecule has 0 saturated carbocycles. The van der Waals surface area contributed by atoms with Crippen LogP contribution < -0.4 is 14.5 Å². The van der Waals surface area contributed by atoms with Crippen LogP contribution in [0.5, 0.6) is 5.75 Å². The molecule has 1 aliphatic rings. The van der Waals surface area contributed by atoms with E-state index in [4.69, 9.17) is 17.0 Å². The summed E-state index contributed by atoms with van der Waals surface area (Å²) >= 11 is 5.55. The zero-order valence-corrected chi connectivity index (χ0v) is 15.8. The normalized spacial score (nSPS) is 15.4. The third kappa shape index (κ3) is 3.93. The van der Waals surface area contributed by atoms with E-state index in [0.29, 0.717) is 6.54 Å². The number of ether oxygens (including phenoxy) is 1. The number of aromatic nitrogens is 3. The van der Waals surface area contributed by atoms with Gasteiger partial charge in [-0.05, 0) is 43.4 Å². The zero-order valence-electron chi connectivity index (χ0n) is 14.9. The molecule has 0 spiro atoms. The molecule has 0 radical (unpaired) electrons. The van der Waals surface area contributed by atoms with Crippen molar-refractivity contribution in [1.82, 2.24) is 14.3 Å². The molecule has 25 heavy (non-hydrogen) atoms. The van der Waals surface area contributed by atoms with Crippen LogP contribution in [-0.4, -0.2) is 47.6 Å². The monoisotopic (exact) mass is 360 g/mol. The quantitative estimate of drug-likeness (QED) is 0.622. The van der Waals surface area contributed by atoms with Crippen LogP contribution in [0.4, 0.5) is 5.69 Å². The molecule has 2 aromatic rings. The minimum Gasteiger partial charge on any atom is -0.497 e. The Hall–Kier alpha value is -2.12. The number of benzene rings is 1. The maximum absolute atomic E-state index is 5.55. The topological polar surface area (TPSA) is 39.7 Å². The second-order valence-corrected chi connectivity index (χ2v) is 6.69. The minimum absolute atomic E-state index is 0.714. The van der Waals surface area contributed by atoms with Gasteiger partial charge in [-0.3, -0.25) is 0 Å². The second kappa shape index (κ2) is 7.84. The summed E-state index contributed by atoms with van der Waals surface area (Å²) in [5.74, 6) is 1.84. The summed E-state index contributed by atoms with van der Waals surface area (Å²) < 4.78 is 9.98. The lowest BCUT2D eigenvalue weighted by Gasteiger charge is -2.33. The number of nitrogens with zero attached hydrogens (tertiary/aromatic N) is 4. The van der Waals surface area contributed by atoms with Crippen molar-refractivity contribution in [2.75, 3.05) is 38.2 Å². The minimum atomic E-state index is 0.714. The van der Waals surface area contributed by atoms with Crippen molar-refractivity contribution >= 4 is 17.9 Å². The number of allylic oxidation sites excluding steroid dienone is 1. The fourth-order valence-electron chi connectivity index (χ4n) is 3.24. The lowest BCUT2D eigenvalue weighted by Crippen LogP contribution is -3.14. The molecule has 0 aliphatic carbocycles. The second-order valence-electron chi connectivity index (χ2n) is 6.32. The Morgan fingerprint density at radius 3 is 2.56 bits per heavy atom. The van der Waals surface area contributed by atoms with Gasteiger partial charge in [-0.25, -0.2) is 0 Å². The maximum atomic E-state index is 5.55. The van der Waals surface area contributed by atoms with Crippen LogP contribution in [0.25, 0.3) is 0 Å². The van der Waals surface area contributed by atoms with Gasteiger partial charge in [0, 0.05) is 12.2 Å². The summed E-state index contributed by atoms with van der Waals surface area (Å²) in [5.41, 5.74) is 1.25. The van der Waals surface area contributed by atoms with Crippen molar-refractivity contribution < 1.29 is 9.64 Å². The van der Waals surface area contributed by atoms with Crippen molar-refractivity contribution in [3.05, 3.63) is 47.5 Å². The first-order valence-corrected chi connectivity index (χ1v) is 9.01. The number of aryl methyl sites for hydroxylation is 1. The molecule has 1 aliphatic heterocycles. The van der Waals surface area contributed by atoms with E-state index in [0.717, 1.165) is 49.2 Å². The first-order valence-electron chi connectivity index (χ1n) is 8.60. The molecule has 0 unspecified atom stereocenters. The predicted octanol–water partition coefficient (Wildman–Crippen LogP) is 1.28. The van der Waals surface area contributed by atoms with E-state index in [1.807, 2.05) is 34.4 Å². The van der Waals surface area contributed by atoms with E-state index in [1.54, 1.807) is 7.11 Å². The van der Waals surface area contributed by atoms with Crippen LogP contribution >= 0.6 is 12.2 Å². The van der Waals surface area contributed by atoms with Gasteiger partial charge in [0.1, 0.15) is 11.6 Å². The third-order valence-corrected chi connectivity index (χ3v) is 5.13. The van der Waals surface area contributed by atoms with E-state index < -0.39 is 0 Å². The van der Waals surface area contributed by atoms with Gasteiger partial charge in [0.25, 0.3) is 0 Å². The van der Waals surface area contributed by atoms with Crippen LogP contribution in [0.3, 0.4) is 0 Å². The largest absolute Gasteiger partial charge is 0.497 e. The number of nitrogens with one attached hydrogen (secondary N) is 1. The Balaban J connectivity index is 1.60. The van der Waals surface area contributed by atoms with Crippen molar-refractivity contribution in [3.63, 3.8) is 0 Å². The number of piperazine rings is 1. The highest BCUT2D eigenvalue weighted by Crippen LogP contribution is 2.18. The van der Waals surface area contributed by atoms with Gasteiger partial charge in [-0.2, -0.15) is 9.78 Å². The van der Waals surface area contributed by atoms with Crippen molar-refractivity contribution in [2.24, 2.45) is 0 Å². The van der Waals surface area contributed by atoms with E-state index in [-0.39, 0.29) is 0 Å². The van der Waals surface area contributed by atoms with Crippen molar-refractivity contribution in [1.29, 1.82) is 0 Å². The van der Waals surface area contributed by atoms with Crippen LogP contribution in [0.1, 0.15) is 5.82 Å². The number of hydrogen-bond donors (Lipinski definition) is 1. The molecular weight excluding hydrogens is 334 g/mol. The number of methoxy groups -OCH3 is 1. The maximum Gasteiger partial charge on any atom is 0.203 e. The predicted molar refractivity (Wildman–Crippen MR) is 102 cm³/mol. The Kier molecular flexibility index (Phi) is 5.55. The Morgan fingerprint density at radius 2 is 1.96 bits per heavy atom. The van der Waals surface area contributed by atoms with E-state index >= 15 is 0 Å². The highest BCUT2D eigenvalue weighted by Gasteiger charge is 2.21. The van der Waals surface area contributed by atoms with Crippen LogP contribution in [0.2, 0.25) is 0 Å². The van der Waals surface area contributed by atoms with Gasteiger partial charge in [-0.1, -0.05) is 6.08 Å². The summed E-state index contributed by atoms with van der Waals surface area (Å²) in [7, 11) is 1.69. The molecule has 1 fully saturated rings. The number of anilines is 1. The fourth-order valence-corrected chi connectivity index (χ4v) is 3.55. The molecule has 1 N–H and O–H groups in total. The summed E-state index contributed by atoms with van der Waals surface area (Å²) in [5, 5.41) is 4.60. The molecule has 1 saturated heterocycles. The molecule has 6 nitrogen and oxygen atoms in total. The molecule has 0 bridgehead atoms. The molecule has 1 aromatic carbocycles. The average molecular weight is 361 g/mol. The van der Waals surface area contributed by atoms with Crippen LogP contribution in [0.15, 0.2) is 36.9 Å². The summed E-state index contributed by atoms with van der Waals surface area (Å²) in [6, 6.07) is 8.28. The Bertz CT molecular complexity index is 772. The molecule has 0 amide bonds. The molecule has 2 heterocycles. The van der Waals surface area contributed by atoms with Gasteiger partial charge >= 0.3 is 0 Å². The van der Waals surface area contributed by atoms with Gasteiger partial charge in [0.15, 0.2) is 6.67 Å². The average Bonchev–Trinajstić information content (AvgIpc) is 2.90. The lowest BCUT2D eigenvalue weighted by atomic mass is 10.2. The zero-order chi connectivity index (χ0) is 17.8. The number of hydrogen-bond acceptors (Lipinski definition) is 4. The number of rotatable bonds is 6. The van der Waals surface area contributed by atoms with E-state index in [2.05, 4.69) is 28.7 Å². The van der Waals surface area contributed by atoms with Gasteiger partial charge in [0.05, 0.1) is 33.3 Å². The van der Waals surface area contributed by atoms with E-state index in [1.165, 1.54) is 10.6 Å². The molecule has 1 aromatic heterocycles. The third-order valence-electron chi connectivity index (χ3n) is 4.70. The Morgan fingerprint density at radius 1 is 1.28 bits per heavy atom. The van der Waals surface area contributed by atoms with Gasteiger partial charge in [-0.15, -0.1) is 6.58 Å². The van der Waals surface area contributed by atoms with Crippen LogP contribution in [-0.2, 0) is 13.2 Å². The summed E-state index contributed by atoms with van der Waals surface area (Å²) in [6.45, 7) is 11.5. The highest BCUT2D eigenvalue weighted by atomic mass is 32.1. The number of quaternary nitrogens is 1. The van der Waals surface area contributed by atoms with Gasteiger partial charge in [0.2, 0.25) is 4.77 Å². The van der Waals surface area contributed by atoms with E-state index in [9.17, 15) is 0 Å². The Labute approximate surface area is 153 Å². The van der Waals surface area contributed by atoms with Crippen molar-refractivity contribution in [2.45, 2.75) is 20.1 Å². The lowest BCUT2D eigenvalue weighted by molar-refractivity contribution is -0.924. The SMILES string of the molecule is C=CCn1c(C)nn(C[NH+]2CCN(c3ccc(OC)cc3)CC2)c1=S. The van der Waals surface area contributed by atoms with Crippen molar-refractivity contribution in [3.8, 4) is 5.75 Å². The fraction of sp³-hybridized carbons (Fsp3) is 0.444. The molecule has 0 atom stereocenters. The summed E-state index contributed by atoms with van der Waals surface area (Å²) in [6.07, 6.45) is 1.86. The molecule has 7 heteroatoms. The smallest absolute Gasteiger partial charge is 0.203 e. The van der Waals surface area contributed by atoms with Crippen LogP contribution in [0, 0.1) is 11.7 Å². The van der Waals surface area contributed by atoms with Gasteiger partial charge < -0.3 is 19.1 Å². The molecule has 134 valence electrons. The molecular formula is C18H26N5OS+. The molecule has 3 rings (SSSR count). The first kappa shape index (κ1) is 17.7. The highest BCUT2D eigenvalue weighted by molar-refractivity contribution is 7.71. The first-order chi connectivity index (χ1) is 12.1.